The zero-order chi connectivity index (χ0) is 15.7. The normalized spacial score (nSPS) is 12.7. The van der Waals surface area contributed by atoms with E-state index in [4.69, 9.17) is 0 Å². The summed E-state index contributed by atoms with van der Waals surface area (Å²) < 4.78 is 0. The second kappa shape index (κ2) is 9.74. The quantitative estimate of drug-likeness (QED) is 0.718. The smallest absolute Gasteiger partial charge is 0.0574 e. The van der Waals surface area contributed by atoms with Crippen molar-refractivity contribution in [3.63, 3.8) is 0 Å². The average Bonchev–Trinajstić information content (AvgIpc) is 2.49. The van der Waals surface area contributed by atoms with Crippen molar-refractivity contribution in [1.82, 2.24) is 15.2 Å². The maximum absolute atomic E-state index is 4.67. The number of hydrogen-bond acceptors (Lipinski definition) is 4. The Kier molecular flexibility index (Phi) is 8.31. The molecule has 4 heteroatoms. The molecular weight excluding hydrogens is 260 g/mol. The van der Waals surface area contributed by atoms with Crippen molar-refractivity contribution in [2.24, 2.45) is 0 Å². The fourth-order valence-electron chi connectivity index (χ4n) is 2.54. The first-order valence-electron chi connectivity index (χ1n) is 8.21. The molecule has 1 heterocycles. The summed E-state index contributed by atoms with van der Waals surface area (Å²) in [5.41, 5.74) is 2.37. The molecule has 0 bridgehead atoms. The number of pyridine rings is 1. The molecule has 0 aliphatic carbocycles. The van der Waals surface area contributed by atoms with Crippen molar-refractivity contribution < 1.29 is 0 Å². The van der Waals surface area contributed by atoms with E-state index in [1.54, 1.807) is 0 Å². The van der Waals surface area contributed by atoms with Crippen LogP contribution in [0.2, 0.25) is 0 Å². The van der Waals surface area contributed by atoms with E-state index in [9.17, 15) is 0 Å². The lowest BCUT2D eigenvalue weighted by Crippen LogP contribution is -2.27. The summed E-state index contributed by atoms with van der Waals surface area (Å²) in [4.78, 5) is 9.30. The van der Waals surface area contributed by atoms with E-state index in [1.807, 2.05) is 6.20 Å². The second-order valence-corrected chi connectivity index (χ2v) is 5.70. The monoisotopic (exact) mass is 292 g/mol. The predicted octanol–water partition coefficient (Wildman–Crippen LogP) is 2.92. The molecule has 0 aliphatic rings. The molecule has 120 valence electrons. The Balaban J connectivity index is 2.65. The van der Waals surface area contributed by atoms with Crippen LogP contribution in [0.3, 0.4) is 0 Å². The minimum atomic E-state index is 0.368. The molecule has 1 atom stereocenters. The zero-order valence-electron chi connectivity index (χ0n) is 14.4. The molecule has 1 rings (SSSR count). The standard InChI is InChI=1S/C17H32N4/c1-6-16(18-7-2)17-11-10-15(14-19-17)21(8-3)13-9-12-20(4)5/h10-11,14,16,18H,6-9,12-13H2,1-5H3. The summed E-state index contributed by atoms with van der Waals surface area (Å²) in [5, 5.41) is 3.48. The maximum atomic E-state index is 4.67. The molecule has 0 saturated heterocycles. The van der Waals surface area contributed by atoms with Gasteiger partial charge in [0.15, 0.2) is 0 Å². The molecule has 1 aromatic heterocycles. The van der Waals surface area contributed by atoms with E-state index in [1.165, 1.54) is 12.1 Å². The van der Waals surface area contributed by atoms with Crippen LogP contribution in [0.25, 0.3) is 0 Å². The van der Waals surface area contributed by atoms with Gasteiger partial charge in [-0.05, 0) is 59.1 Å². The van der Waals surface area contributed by atoms with Gasteiger partial charge < -0.3 is 15.1 Å². The highest BCUT2D eigenvalue weighted by Gasteiger charge is 2.10. The first kappa shape index (κ1) is 17.9. The molecule has 0 spiro atoms. The van der Waals surface area contributed by atoms with Crippen molar-refractivity contribution in [1.29, 1.82) is 0 Å². The number of nitrogens with one attached hydrogen (secondary N) is 1. The van der Waals surface area contributed by atoms with Gasteiger partial charge in [0, 0.05) is 19.1 Å². The Morgan fingerprint density at radius 3 is 2.38 bits per heavy atom. The van der Waals surface area contributed by atoms with Gasteiger partial charge in [0.05, 0.1) is 17.6 Å². The molecule has 0 aromatic carbocycles. The molecule has 0 radical (unpaired) electrons. The van der Waals surface area contributed by atoms with E-state index in [0.29, 0.717) is 6.04 Å². The van der Waals surface area contributed by atoms with Crippen LogP contribution < -0.4 is 10.2 Å². The predicted molar refractivity (Wildman–Crippen MR) is 92.0 cm³/mol. The summed E-state index contributed by atoms with van der Waals surface area (Å²) in [6.45, 7) is 10.8. The Labute approximate surface area is 130 Å². The number of nitrogens with zero attached hydrogens (tertiary/aromatic N) is 3. The largest absolute Gasteiger partial charge is 0.371 e. The Morgan fingerprint density at radius 2 is 1.90 bits per heavy atom. The van der Waals surface area contributed by atoms with Gasteiger partial charge in [-0.3, -0.25) is 4.98 Å². The SMILES string of the molecule is CCNC(CC)c1ccc(N(CC)CCCN(C)C)cn1. The van der Waals surface area contributed by atoms with Crippen LogP contribution >= 0.6 is 0 Å². The van der Waals surface area contributed by atoms with Crippen molar-refractivity contribution in [2.45, 2.75) is 39.7 Å². The van der Waals surface area contributed by atoms with E-state index in [0.717, 1.165) is 38.3 Å². The van der Waals surface area contributed by atoms with Crippen LogP contribution in [-0.4, -0.2) is 50.2 Å². The van der Waals surface area contributed by atoms with Crippen molar-refractivity contribution in [2.75, 3.05) is 45.2 Å². The summed E-state index contributed by atoms with van der Waals surface area (Å²) in [6, 6.07) is 4.75. The molecule has 0 aliphatic heterocycles. The van der Waals surface area contributed by atoms with Gasteiger partial charge in [-0.1, -0.05) is 13.8 Å². The number of rotatable bonds is 10. The van der Waals surface area contributed by atoms with E-state index >= 15 is 0 Å². The number of anilines is 1. The van der Waals surface area contributed by atoms with E-state index < -0.39 is 0 Å². The molecule has 21 heavy (non-hydrogen) atoms. The fourth-order valence-corrected chi connectivity index (χ4v) is 2.54. The summed E-state index contributed by atoms with van der Waals surface area (Å²) >= 11 is 0. The van der Waals surface area contributed by atoms with Crippen LogP contribution in [-0.2, 0) is 0 Å². The van der Waals surface area contributed by atoms with Gasteiger partial charge >= 0.3 is 0 Å². The molecule has 1 unspecified atom stereocenters. The first-order chi connectivity index (χ1) is 10.1. The maximum Gasteiger partial charge on any atom is 0.0574 e. The van der Waals surface area contributed by atoms with Gasteiger partial charge in [0.2, 0.25) is 0 Å². The number of aromatic nitrogens is 1. The summed E-state index contributed by atoms with van der Waals surface area (Å²) in [5.74, 6) is 0. The molecule has 1 N–H and O–H groups in total. The lowest BCUT2D eigenvalue weighted by Gasteiger charge is -2.24. The van der Waals surface area contributed by atoms with Crippen molar-refractivity contribution in [3.8, 4) is 0 Å². The van der Waals surface area contributed by atoms with Crippen LogP contribution in [0.5, 0.6) is 0 Å². The van der Waals surface area contributed by atoms with Gasteiger partial charge in [-0.15, -0.1) is 0 Å². The molecule has 4 nitrogen and oxygen atoms in total. The Bertz CT molecular complexity index is 375. The van der Waals surface area contributed by atoms with Gasteiger partial charge in [0.1, 0.15) is 0 Å². The van der Waals surface area contributed by atoms with Gasteiger partial charge in [-0.2, -0.15) is 0 Å². The molecule has 0 saturated carbocycles. The van der Waals surface area contributed by atoms with Crippen LogP contribution in [0, 0.1) is 0 Å². The van der Waals surface area contributed by atoms with Crippen LogP contribution in [0.4, 0.5) is 5.69 Å². The summed E-state index contributed by atoms with van der Waals surface area (Å²) in [7, 11) is 4.25. The van der Waals surface area contributed by atoms with Crippen LogP contribution in [0.1, 0.15) is 45.3 Å². The van der Waals surface area contributed by atoms with Crippen molar-refractivity contribution in [3.05, 3.63) is 24.0 Å². The summed E-state index contributed by atoms with van der Waals surface area (Å²) in [6.07, 6.45) is 4.27. The Hall–Kier alpha value is -1.13. The van der Waals surface area contributed by atoms with Gasteiger partial charge in [0.25, 0.3) is 0 Å². The highest BCUT2D eigenvalue weighted by atomic mass is 15.1. The fraction of sp³-hybridized carbons (Fsp3) is 0.706. The highest BCUT2D eigenvalue weighted by Crippen LogP contribution is 2.18. The third-order valence-corrected chi connectivity index (χ3v) is 3.77. The Morgan fingerprint density at radius 1 is 1.14 bits per heavy atom. The van der Waals surface area contributed by atoms with E-state index in [2.05, 4.69) is 67.1 Å². The van der Waals surface area contributed by atoms with Crippen LogP contribution in [0.15, 0.2) is 18.3 Å². The molecule has 0 fully saturated rings. The molecule has 1 aromatic rings. The second-order valence-electron chi connectivity index (χ2n) is 5.70. The van der Waals surface area contributed by atoms with Crippen molar-refractivity contribution >= 4 is 5.69 Å². The third-order valence-electron chi connectivity index (χ3n) is 3.77. The zero-order valence-corrected chi connectivity index (χ0v) is 14.4. The number of hydrogen-bond donors (Lipinski definition) is 1. The highest BCUT2D eigenvalue weighted by molar-refractivity contribution is 5.44. The van der Waals surface area contributed by atoms with E-state index in [-0.39, 0.29) is 0 Å². The third kappa shape index (κ3) is 6.02. The first-order valence-corrected chi connectivity index (χ1v) is 8.21. The minimum absolute atomic E-state index is 0.368. The average molecular weight is 292 g/mol. The molecule has 0 amide bonds. The van der Waals surface area contributed by atoms with Gasteiger partial charge in [-0.25, -0.2) is 0 Å². The minimum Gasteiger partial charge on any atom is -0.371 e. The topological polar surface area (TPSA) is 31.4 Å². The lowest BCUT2D eigenvalue weighted by atomic mass is 10.1. The lowest BCUT2D eigenvalue weighted by molar-refractivity contribution is 0.400. The molecular formula is C17H32N4.